The van der Waals surface area contributed by atoms with Crippen molar-refractivity contribution in [3.8, 4) is 0 Å². The molecule has 1 saturated carbocycles. The smallest absolute Gasteiger partial charge is 0.242 e. The molecule has 1 heterocycles. The van der Waals surface area contributed by atoms with Gasteiger partial charge in [-0.3, -0.25) is 9.79 Å². The zero-order valence-corrected chi connectivity index (χ0v) is 15.3. The highest BCUT2D eigenvalue weighted by molar-refractivity contribution is 6.30. The van der Waals surface area contributed by atoms with E-state index in [-0.39, 0.29) is 5.91 Å². The second-order valence-corrected chi connectivity index (χ2v) is 7.28. The fourth-order valence-electron chi connectivity index (χ4n) is 3.20. The quantitative estimate of drug-likeness (QED) is 0.627. The Labute approximate surface area is 153 Å². The monoisotopic (exact) mass is 364 g/mol. The molecule has 1 aliphatic heterocycles. The van der Waals surface area contributed by atoms with E-state index in [9.17, 15) is 9.90 Å². The lowest BCUT2D eigenvalue weighted by Gasteiger charge is -2.39. The van der Waals surface area contributed by atoms with Crippen LogP contribution in [0.15, 0.2) is 29.3 Å². The van der Waals surface area contributed by atoms with E-state index in [1.54, 1.807) is 7.05 Å². The van der Waals surface area contributed by atoms with Crippen LogP contribution in [0.3, 0.4) is 0 Å². The number of hydrogen-bond donors (Lipinski definition) is 2. The highest BCUT2D eigenvalue weighted by Crippen LogP contribution is 2.30. The molecule has 1 aliphatic carbocycles. The van der Waals surface area contributed by atoms with Gasteiger partial charge in [0.25, 0.3) is 0 Å². The summed E-state index contributed by atoms with van der Waals surface area (Å²) in [5, 5.41) is 14.1. The molecule has 0 spiro atoms. The molecule has 0 bridgehead atoms. The molecule has 1 aromatic rings. The molecule has 1 amide bonds. The van der Waals surface area contributed by atoms with Gasteiger partial charge >= 0.3 is 0 Å². The number of carbonyl (C=O) groups is 1. The minimum atomic E-state index is -0.615. The minimum Gasteiger partial charge on any atom is -0.388 e. The summed E-state index contributed by atoms with van der Waals surface area (Å²) >= 11 is 5.90. The number of hydrogen-bond acceptors (Lipinski definition) is 3. The first-order valence-electron chi connectivity index (χ1n) is 8.69. The van der Waals surface area contributed by atoms with E-state index in [4.69, 9.17) is 11.6 Å². The molecule has 25 heavy (non-hydrogen) atoms. The van der Waals surface area contributed by atoms with Crippen molar-refractivity contribution in [3.63, 3.8) is 0 Å². The number of halogens is 1. The second kappa shape index (κ2) is 7.62. The number of amides is 1. The zero-order valence-electron chi connectivity index (χ0n) is 14.5. The van der Waals surface area contributed by atoms with Gasteiger partial charge in [0.05, 0.1) is 12.1 Å². The average molecular weight is 365 g/mol. The highest BCUT2D eigenvalue weighted by atomic mass is 35.5. The van der Waals surface area contributed by atoms with Crippen LogP contribution in [-0.2, 0) is 11.3 Å². The molecule has 1 aromatic carbocycles. The Morgan fingerprint density at radius 2 is 2.04 bits per heavy atom. The third kappa shape index (κ3) is 4.44. The summed E-state index contributed by atoms with van der Waals surface area (Å²) in [5.41, 5.74) is 0.456. The number of nitrogens with one attached hydrogen (secondary N) is 1. The molecular weight excluding hydrogens is 340 g/mol. The van der Waals surface area contributed by atoms with E-state index in [0.29, 0.717) is 37.2 Å². The molecule has 7 heteroatoms. The van der Waals surface area contributed by atoms with E-state index in [0.717, 1.165) is 31.4 Å². The largest absolute Gasteiger partial charge is 0.388 e. The van der Waals surface area contributed by atoms with Gasteiger partial charge in [-0.2, -0.15) is 0 Å². The van der Waals surface area contributed by atoms with Crippen LogP contribution in [0.25, 0.3) is 0 Å². The van der Waals surface area contributed by atoms with Gasteiger partial charge in [-0.25, -0.2) is 0 Å². The number of guanidine groups is 1. The standard InChI is InChI=1S/C18H25ClN4O2/c1-20-17(21-13-18(25)7-2-8-18)23-10-9-22(16(24)12-23)11-14-3-5-15(19)6-4-14/h3-6,25H,2,7-13H2,1H3,(H,20,21). The zero-order chi connectivity index (χ0) is 17.9. The number of rotatable bonds is 4. The van der Waals surface area contributed by atoms with Crippen molar-refractivity contribution in [2.24, 2.45) is 4.99 Å². The van der Waals surface area contributed by atoms with E-state index in [2.05, 4.69) is 10.3 Å². The molecule has 2 aliphatic rings. The van der Waals surface area contributed by atoms with Crippen LogP contribution in [0.2, 0.25) is 5.02 Å². The molecule has 136 valence electrons. The molecular formula is C18H25ClN4O2. The third-order valence-corrected chi connectivity index (χ3v) is 5.23. The highest BCUT2D eigenvalue weighted by Gasteiger charge is 2.35. The Bertz CT molecular complexity index is 643. The maximum Gasteiger partial charge on any atom is 0.242 e. The van der Waals surface area contributed by atoms with E-state index in [1.165, 1.54) is 0 Å². The number of aliphatic hydroxyl groups is 1. The lowest BCUT2D eigenvalue weighted by atomic mass is 9.80. The van der Waals surface area contributed by atoms with Crippen molar-refractivity contribution >= 4 is 23.5 Å². The Hall–Kier alpha value is -1.79. The number of piperazine rings is 1. The number of carbonyl (C=O) groups excluding carboxylic acids is 1. The molecule has 0 radical (unpaired) electrons. The lowest BCUT2D eigenvalue weighted by Crippen LogP contribution is -2.57. The average Bonchev–Trinajstić information content (AvgIpc) is 2.58. The van der Waals surface area contributed by atoms with Gasteiger partial charge in [0.1, 0.15) is 0 Å². The van der Waals surface area contributed by atoms with Crippen LogP contribution in [0.1, 0.15) is 24.8 Å². The van der Waals surface area contributed by atoms with Gasteiger partial charge in [-0.1, -0.05) is 23.7 Å². The molecule has 2 N–H and O–H groups in total. The molecule has 3 rings (SSSR count). The Morgan fingerprint density at radius 3 is 2.60 bits per heavy atom. The Balaban J connectivity index is 1.53. The molecule has 6 nitrogen and oxygen atoms in total. The molecule has 1 saturated heterocycles. The lowest BCUT2D eigenvalue weighted by molar-refractivity contribution is -0.135. The normalized spacial score (nSPS) is 20.4. The predicted octanol–water partition coefficient (Wildman–Crippen LogP) is 1.47. The first-order valence-corrected chi connectivity index (χ1v) is 9.07. The summed E-state index contributed by atoms with van der Waals surface area (Å²) in [6.07, 6.45) is 2.72. The van der Waals surface area contributed by atoms with Gasteiger partial charge in [0, 0.05) is 38.2 Å². The number of benzene rings is 1. The van der Waals surface area contributed by atoms with E-state index < -0.39 is 5.60 Å². The van der Waals surface area contributed by atoms with Gasteiger partial charge in [0.2, 0.25) is 5.91 Å². The van der Waals surface area contributed by atoms with Gasteiger partial charge in [-0.05, 0) is 37.0 Å². The van der Waals surface area contributed by atoms with Gasteiger partial charge in [0.15, 0.2) is 5.96 Å². The second-order valence-electron chi connectivity index (χ2n) is 6.84. The summed E-state index contributed by atoms with van der Waals surface area (Å²) in [7, 11) is 1.71. The van der Waals surface area contributed by atoms with Gasteiger partial charge < -0.3 is 20.2 Å². The van der Waals surface area contributed by atoms with E-state index in [1.807, 2.05) is 34.1 Å². The Kier molecular flexibility index (Phi) is 5.49. The molecule has 0 aromatic heterocycles. The first kappa shape index (κ1) is 18.0. The van der Waals surface area contributed by atoms with E-state index >= 15 is 0 Å². The van der Waals surface area contributed by atoms with Crippen molar-refractivity contribution in [2.75, 3.05) is 33.2 Å². The topological polar surface area (TPSA) is 68.2 Å². The van der Waals surface area contributed by atoms with Crippen LogP contribution in [0.5, 0.6) is 0 Å². The molecule has 2 fully saturated rings. The van der Waals surface area contributed by atoms with Crippen LogP contribution in [0.4, 0.5) is 0 Å². The summed E-state index contributed by atoms with van der Waals surface area (Å²) in [6.45, 7) is 2.74. The minimum absolute atomic E-state index is 0.0755. The maximum atomic E-state index is 12.5. The summed E-state index contributed by atoms with van der Waals surface area (Å²) in [4.78, 5) is 20.6. The van der Waals surface area contributed by atoms with Crippen molar-refractivity contribution in [1.29, 1.82) is 0 Å². The number of nitrogens with zero attached hydrogens (tertiary/aromatic N) is 3. The molecule has 0 unspecified atom stereocenters. The summed E-state index contributed by atoms with van der Waals surface area (Å²) < 4.78 is 0. The van der Waals surface area contributed by atoms with Crippen LogP contribution in [0, 0.1) is 0 Å². The number of aliphatic imine (C=N–C) groups is 1. The SMILES string of the molecule is CN=C(NCC1(O)CCC1)N1CCN(Cc2ccc(Cl)cc2)C(=O)C1. The van der Waals surface area contributed by atoms with Gasteiger partial charge in [-0.15, -0.1) is 0 Å². The predicted molar refractivity (Wildman–Crippen MR) is 98.6 cm³/mol. The summed E-state index contributed by atoms with van der Waals surface area (Å²) in [5.74, 6) is 0.756. The van der Waals surface area contributed by atoms with Crippen molar-refractivity contribution in [3.05, 3.63) is 34.9 Å². The third-order valence-electron chi connectivity index (χ3n) is 4.98. The van der Waals surface area contributed by atoms with Crippen molar-refractivity contribution < 1.29 is 9.90 Å². The Morgan fingerprint density at radius 1 is 1.32 bits per heavy atom. The van der Waals surface area contributed by atoms with Crippen molar-refractivity contribution in [1.82, 2.24) is 15.1 Å². The fourth-order valence-corrected chi connectivity index (χ4v) is 3.33. The van der Waals surface area contributed by atoms with Crippen LogP contribution in [-0.4, -0.2) is 65.6 Å². The van der Waals surface area contributed by atoms with Crippen LogP contribution < -0.4 is 5.32 Å². The maximum absolute atomic E-state index is 12.5. The van der Waals surface area contributed by atoms with Crippen molar-refractivity contribution in [2.45, 2.75) is 31.4 Å². The summed E-state index contributed by atoms with van der Waals surface area (Å²) in [6, 6.07) is 7.58. The fraction of sp³-hybridized carbons (Fsp3) is 0.556. The first-order chi connectivity index (χ1) is 12.0. The molecule has 0 atom stereocenters. The van der Waals surface area contributed by atoms with Crippen LogP contribution >= 0.6 is 11.6 Å².